The lowest BCUT2D eigenvalue weighted by atomic mass is 9.92. The molecule has 0 bridgehead atoms. The van der Waals surface area contributed by atoms with Crippen LogP contribution >= 0.6 is 35.4 Å². The molecule has 0 aromatic carbocycles. The quantitative estimate of drug-likeness (QED) is 0.567. The fraction of sp³-hybridized carbons (Fsp3) is 0.800. The Labute approximate surface area is 105 Å². The topological polar surface area (TPSA) is 33.0 Å². The van der Waals surface area contributed by atoms with Crippen molar-refractivity contribution in [3.63, 3.8) is 0 Å². The summed E-state index contributed by atoms with van der Waals surface area (Å²) in [6.45, 7) is 4.28. The highest BCUT2D eigenvalue weighted by Gasteiger charge is 2.51. The third kappa shape index (κ3) is 2.55. The van der Waals surface area contributed by atoms with E-state index in [4.69, 9.17) is 45.4 Å². The number of thiocarbonyl (C=S) groups is 1. The Balaban J connectivity index is 2.87. The van der Waals surface area contributed by atoms with Crippen LogP contribution in [0.4, 0.5) is 0 Å². The summed E-state index contributed by atoms with van der Waals surface area (Å²) in [6, 6.07) is 2.20. The molecular weight excluding hydrogens is 253 g/mol. The van der Waals surface area contributed by atoms with Gasteiger partial charge in [0.15, 0.2) is 5.05 Å². The van der Waals surface area contributed by atoms with Crippen molar-refractivity contribution in [2.24, 2.45) is 17.8 Å². The van der Waals surface area contributed by atoms with Crippen molar-refractivity contribution in [1.29, 1.82) is 5.26 Å². The van der Waals surface area contributed by atoms with E-state index in [0.29, 0.717) is 18.1 Å². The van der Waals surface area contributed by atoms with E-state index in [1.165, 1.54) is 0 Å². The first-order valence-electron chi connectivity index (χ1n) is 4.88. The summed E-state index contributed by atoms with van der Waals surface area (Å²) in [6.07, 6.45) is 0.450. The SMILES string of the molecule is CCOC(=S)[C@@H]1[C@H](C#N)CC(Cl)(Cl)[C@H]1C. The Bertz CT molecular complexity index is 300. The lowest BCUT2D eigenvalue weighted by Crippen LogP contribution is -2.27. The molecule has 0 heterocycles. The number of nitrogens with zero attached hydrogens (tertiary/aromatic N) is 1. The van der Waals surface area contributed by atoms with Crippen LogP contribution < -0.4 is 0 Å². The van der Waals surface area contributed by atoms with Gasteiger partial charge >= 0.3 is 0 Å². The molecule has 1 rings (SSSR count). The summed E-state index contributed by atoms with van der Waals surface area (Å²) < 4.78 is 4.42. The van der Waals surface area contributed by atoms with Gasteiger partial charge in [-0.2, -0.15) is 5.26 Å². The van der Waals surface area contributed by atoms with E-state index in [2.05, 4.69) is 6.07 Å². The van der Waals surface area contributed by atoms with E-state index in [-0.39, 0.29) is 17.8 Å². The molecule has 0 saturated heterocycles. The minimum Gasteiger partial charge on any atom is -0.487 e. The Morgan fingerprint density at radius 2 is 2.27 bits per heavy atom. The molecule has 0 aromatic heterocycles. The predicted molar refractivity (Wildman–Crippen MR) is 65.0 cm³/mol. The van der Waals surface area contributed by atoms with Crippen molar-refractivity contribution in [2.75, 3.05) is 6.61 Å². The molecule has 0 radical (unpaired) electrons. The summed E-state index contributed by atoms with van der Waals surface area (Å²) >= 11 is 17.4. The van der Waals surface area contributed by atoms with Gasteiger partial charge in [-0.25, -0.2) is 0 Å². The Hall–Kier alpha value is -0.0400. The smallest absolute Gasteiger partial charge is 0.164 e. The van der Waals surface area contributed by atoms with Gasteiger partial charge in [0.25, 0.3) is 0 Å². The predicted octanol–water partition coefficient (Wildman–Crippen LogP) is 3.32. The van der Waals surface area contributed by atoms with Gasteiger partial charge in [0.1, 0.15) is 4.33 Å². The van der Waals surface area contributed by atoms with Crippen LogP contribution in [0.5, 0.6) is 0 Å². The van der Waals surface area contributed by atoms with Crippen molar-refractivity contribution < 1.29 is 4.74 Å². The normalized spacial score (nSPS) is 33.4. The van der Waals surface area contributed by atoms with E-state index in [0.717, 1.165) is 0 Å². The van der Waals surface area contributed by atoms with Gasteiger partial charge in [-0.05, 0) is 25.6 Å². The number of alkyl halides is 2. The second kappa shape index (κ2) is 4.86. The van der Waals surface area contributed by atoms with Gasteiger partial charge in [-0.15, -0.1) is 23.2 Å². The highest BCUT2D eigenvalue weighted by molar-refractivity contribution is 7.80. The molecule has 84 valence electrons. The number of rotatable bonds is 2. The van der Waals surface area contributed by atoms with Crippen molar-refractivity contribution in [3.05, 3.63) is 0 Å². The van der Waals surface area contributed by atoms with Crippen LogP contribution in [0.25, 0.3) is 0 Å². The van der Waals surface area contributed by atoms with E-state index in [1.807, 2.05) is 13.8 Å². The zero-order chi connectivity index (χ0) is 11.6. The first-order valence-corrected chi connectivity index (χ1v) is 6.04. The highest BCUT2D eigenvalue weighted by atomic mass is 35.5. The van der Waals surface area contributed by atoms with Crippen LogP contribution in [0.3, 0.4) is 0 Å². The fourth-order valence-corrected chi connectivity index (χ4v) is 3.04. The van der Waals surface area contributed by atoms with Gasteiger partial charge in [0, 0.05) is 11.8 Å². The zero-order valence-electron chi connectivity index (χ0n) is 8.67. The molecule has 0 N–H and O–H groups in total. The van der Waals surface area contributed by atoms with Crippen molar-refractivity contribution in [1.82, 2.24) is 0 Å². The van der Waals surface area contributed by atoms with Gasteiger partial charge in [0.05, 0.1) is 18.6 Å². The number of hydrogen-bond acceptors (Lipinski definition) is 3. The van der Waals surface area contributed by atoms with E-state index < -0.39 is 4.33 Å². The molecule has 0 aromatic rings. The van der Waals surface area contributed by atoms with Crippen LogP contribution in [0.1, 0.15) is 20.3 Å². The molecule has 15 heavy (non-hydrogen) atoms. The van der Waals surface area contributed by atoms with Crippen molar-refractivity contribution in [2.45, 2.75) is 24.6 Å². The largest absolute Gasteiger partial charge is 0.487 e. The van der Waals surface area contributed by atoms with Crippen LogP contribution in [0.15, 0.2) is 0 Å². The van der Waals surface area contributed by atoms with Crippen molar-refractivity contribution >= 4 is 40.5 Å². The first-order chi connectivity index (χ1) is 6.94. The van der Waals surface area contributed by atoms with E-state index in [1.54, 1.807) is 0 Å². The van der Waals surface area contributed by atoms with Gasteiger partial charge in [-0.1, -0.05) is 6.92 Å². The zero-order valence-corrected chi connectivity index (χ0v) is 11.0. The average Bonchev–Trinajstić information content (AvgIpc) is 2.38. The maximum atomic E-state index is 9.02. The standard InChI is InChI=1S/C10H13Cl2NOS/c1-3-14-9(15)8-6(2)10(11,12)4-7(8)5-13/h6-8H,3-4H2,1-2H3/t6-,7-,8-/m0/s1. The van der Waals surface area contributed by atoms with Gasteiger partial charge in [0.2, 0.25) is 0 Å². The Kier molecular flexibility index (Phi) is 4.22. The summed E-state index contributed by atoms with van der Waals surface area (Å²) in [5.41, 5.74) is 0. The van der Waals surface area contributed by atoms with Crippen LogP contribution in [-0.4, -0.2) is 16.0 Å². The molecule has 1 aliphatic rings. The number of ether oxygens (including phenoxy) is 1. The third-order valence-corrected chi connectivity index (χ3v) is 4.24. The molecular formula is C10H13Cl2NOS. The van der Waals surface area contributed by atoms with Crippen LogP contribution in [-0.2, 0) is 4.74 Å². The monoisotopic (exact) mass is 265 g/mol. The fourth-order valence-electron chi connectivity index (χ4n) is 1.95. The molecule has 0 aliphatic heterocycles. The summed E-state index contributed by atoms with van der Waals surface area (Å²) in [5.74, 6) is -0.432. The maximum absolute atomic E-state index is 9.02. The molecule has 0 amide bonds. The third-order valence-electron chi connectivity index (χ3n) is 2.86. The number of nitriles is 1. The number of halogens is 2. The molecule has 1 fully saturated rings. The number of hydrogen-bond donors (Lipinski definition) is 0. The van der Waals surface area contributed by atoms with E-state index in [9.17, 15) is 0 Å². The van der Waals surface area contributed by atoms with Crippen LogP contribution in [0, 0.1) is 29.1 Å². The van der Waals surface area contributed by atoms with Crippen molar-refractivity contribution in [3.8, 4) is 6.07 Å². The summed E-state index contributed by atoms with van der Waals surface area (Å²) in [5, 5.41) is 9.48. The maximum Gasteiger partial charge on any atom is 0.164 e. The lowest BCUT2D eigenvalue weighted by molar-refractivity contribution is 0.289. The molecule has 0 unspecified atom stereocenters. The lowest BCUT2D eigenvalue weighted by Gasteiger charge is -2.23. The van der Waals surface area contributed by atoms with E-state index >= 15 is 0 Å². The average molecular weight is 266 g/mol. The minimum atomic E-state index is -0.869. The first kappa shape index (κ1) is 13.0. The molecule has 5 heteroatoms. The molecule has 1 aliphatic carbocycles. The molecule has 3 atom stereocenters. The molecule has 1 saturated carbocycles. The molecule has 0 spiro atoms. The van der Waals surface area contributed by atoms with Crippen LogP contribution in [0.2, 0.25) is 0 Å². The Morgan fingerprint density at radius 1 is 1.67 bits per heavy atom. The Morgan fingerprint density at radius 3 is 2.73 bits per heavy atom. The highest BCUT2D eigenvalue weighted by Crippen LogP contribution is 2.51. The van der Waals surface area contributed by atoms with Gasteiger partial charge in [-0.3, -0.25) is 0 Å². The minimum absolute atomic E-state index is 0.0514. The molecule has 2 nitrogen and oxygen atoms in total. The summed E-state index contributed by atoms with van der Waals surface area (Å²) in [7, 11) is 0. The summed E-state index contributed by atoms with van der Waals surface area (Å²) in [4.78, 5) is 0. The second-order valence-corrected chi connectivity index (χ2v) is 5.71. The van der Waals surface area contributed by atoms with Gasteiger partial charge < -0.3 is 4.74 Å². The second-order valence-electron chi connectivity index (χ2n) is 3.77.